The molecule has 18 heavy (non-hydrogen) atoms. The average Bonchev–Trinajstić information content (AvgIpc) is 2.77. The number of nitrogens with one attached hydrogen (secondary N) is 1. The highest BCUT2D eigenvalue weighted by Gasteiger charge is 2.24. The Labute approximate surface area is 113 Å². The van der Waals surface area contributed by atoms with E-state index >= 15 is 0 Å². The van der Waals surface area contributed by atoms with Crippen LogP contribution in [0.1, 0.15) is 18.9 Å². The number of rotatable bonds is 4. The van der Waals surface area contributed by atoms with Gasteiger partial charge in [0.1, 0.15) is 5.38 Å². The van der Waals surface area contributed by atoms with Gasteiger partial charge in [-0.2, -0.15) is 0 Å². The minimum atomic E-state index is -0.451. The number of benzene rings is 1. The number of halogens is 1. The van der Waals surface area contributed by atoms with Crippen molar-refractivity contribution < 1.29 is 4.79 Å². The molecule has 2 atom stereocenters. The predicted octanol–water partition coefficient (Wildman–Crippen LogP) is 2.00. The van der Waals surface area contributed by atoms with Crippen LogP contribution in [0.4, 0.5) is 0 Å². The molecule has 1 aromatic carbocycles. The maximum Gasteiger partial charge on any atom is 0.238 e. The number of nitrogens with zero attached hydrogens (tertiary/aromatic N) is 1. The predicted molar refractivity (Wildman–Crippen MR) is 73.6 cm³/mol. The van der Waals surface area contributed by atoms with Gasteiger partial charge in [0.15, 0.2) is 0 Å². The Kier molecular flexibility index (Phi) is 4.61. The Morgan fingerprint density at radius 1 is 1.50 bits per heavy atom. The van der Waals surface area contributed by atoms with Crippen molar-refractivity contribution in [2.75, 3.05) is 13.1 Å². The van der Waals surface area contributed by atoms with Gasteiger partial charge in [-0.25, -0.2) is 0 Å². The summed E-state index contributed by atoms with van der Waals surface area (Å²) in [6.45, 7) is 4.58. The van der Waals surface area contributed by atoms with Crippen LogP contribution in [0.3, 0.4) is 0 Å². The molecule has 3 nitrogen and oxygen atoms in total. The van der Waals surface area contributed by atoms with Gasteiger partial charge in [-0.05, 0) is 18.9 Å². The van der Waals surface area contributed by atoms with Gasteiger partial charge in [-0.15, -0.1) is 11.6 Å². The van der Waals surface area contributed by atoms with Crippen molar-refractivity contribution in [2.24, 2.45) is 0 Å². The summed E-state index contributed by atoms with van der Waals surface area (Å²) in [5.74, 6) is -0.0665. The Morgan fingerprint density at radius 2 is 2.22 bits per heavy atom. The highest BCUT2D eigenvalue weighted by Crippen LogP contribution is 2.13. The molecule has 1 heterocycles. The van der Waals surface area contributed by atoms with E-state index in [9.17, 15) is 4.79 Å². The van der Waals surface area contributed by atoms with E-state index in [1.54, 1.807) is 6.92 Å². The van der Waals surface area contributed by atoms with Gasteiger partial charge < -0.3 is 5.32 Å². The van der Waals surface area contributed by atoms with E-state index in [1.165, 1.54) is 5.56 Å². The highest BCUT2D eigenvalue weighted by atomic mass is 35.5. The van der Waals surface area contributed by atoms with Gasteiger partial charge in [-0.1, -0.05) is 30.3 Å². The number of amides is 1. The molecular formula is C14H19ClN2O. The molecule has 1 fully saturated rings. The van der Waals surface area contributed by atoms with Crippen molar-refractivity contribution in [3.63, 3.8) is 0 Å². The SMILES string of the molecule is C[C@@H](Cl)C(=O)N[C@@H]1CCN(Cc2ccccc2)C1. The summed E-state index contributed by atoms with van der Waals surface area (Å²) in [5.41, 5.74) is 1.31. The quantitative estimate of drug-likeness (QED) is 0.846. The molecule has 0 unspecified atom stereocenters. The van der Waals surface area contributed by atoms with E-state index < -0.39 is 5.38 Å². The molecule has 1 aliphatic rings. The summed E-state index contributed by atoms with van der Waals surface area (Å²) in [5, 5.41) is 2.53. The number of alkyl halides is 1. The highest BCUT2D eigenvalue weighted by molar-refractivity contribution is 6.30. The number of carbonyl (C=O) groups excluding carboxylic acids is 1. The zero-order valence-corrected chi connectivity index (χ0v) is 11.4. The van der Waals surface area contributed by atoms with E-state index in [1.807, 2.05) is 6.07 Å². The lowest BCUT2D eigenvalue weighted by Gasteiger charge is -2.17. The lowest BCUT2D eigenvalue weighted by atomic mass is 10.2. The zero-order chi connectivity index (χ0) is 13.0. The van der Waals surface area contributed by atoms with Gasteiger partial charge in [-0.3, -0.25) is 9.69 Å². The molecule has 2 rings (SSSR count). The van der Waals surface area contributed by atoms with Crippen LogP contribution >= 0.6 is 11.6 Å². The standard InChI is InChI=1S/C14H19ClN2O/c1-11(15)14(18)16-13-7-8-17(10-13)9-12-5-3-2-4-6-12/h2-6,11,13H,7-10H2,1H3,(H,16,18)/t11-,13-/m1/s1. The number of hydrogen-bond acceptors (Lipinski definition) is 2. The molecule has 0 aromatic heterocycles. The summed E-state index contributed by atoms with van der Waals surface area (Å²) < 4.78 is 0. The fourth-order valence-electron chi connectivity index (χ4n) is 2.25. The topological polar surface area (TPSA) is 32.3 Å². The van der Waals surface area contributed by atoms with Crippen molar-refractivity contribution in [3.05, 3.63) is 35.9 Å². The Hall–Kier alpha value is -1.06. The first kappa shape index (κ1) is 13.4. The van der Waals surface area contributed by atoms with Crippen LogP contribution in [-0.4, -0.2) is 35.3 Å². The third-order valence-electron chi connectivity index (χ3n) is 3.23. The fourth-order valence-corrected chi connectivity index (χ4v) is 2.31. The molecule has 0 aliphatic carbocycles. The van der Waals surface area contributed by atoms with Crippen LogP contribution in [0.25, 0.3) is 0 Å². The maximum absolute atomic E-state index is 11.5. The van der Waals surface area contributed by atoms with E-state index in [0.717, 1.165) is 26.1 Å². The number of hydrogen-bond donors (Lipinski definition) is 1. The summed E-state index contributed by atoms with van der Waals surface area (Å²) in [6, 6.07) is 10.6. The molecule has 0 saturated carbocycles. The van der Waals surface area contributed by atoms with Crippen LogP contribution in [-0.2, 0) is 11.3 Å². The first-order valence-electron chi connectivity index (χ1n) is 6.36. The van der Waals surface area contributed by atoms with Crippen LogP contribution < -0.4 is 5.32 Å². The van der Waals surface area contributed by atoms with Gasteiger partial charge >= 0.3 is 0 Å². The lowest BCUT2D eigenvalue weighted by Crippen LogP contribution is -2.40. The molecule has 4 heteroatoms. The van der Waals surface area contributed by atoms with Crippen LogP contribution in [0.5, 0.6) is 0 Å². The van der Waals surface area contributed by atoms with Crippen molar-refractivity contribution in [2.45, 2.75) is 31.3 Å². The Bertz CT molecular complexity index is 394. The Balaban J connectivity index is 1.80. The second-order valence-corrected chi connectivity index (χ2v) is 5.49. The maximum atomic E-state index is 11.5. The normalized spacial score (nSPS) is 21.8. The van der Waals surface area contributed by atoms with Gasteiger partial charge in [0, 0.05) is 25.7 Å². The molecular weight excluding hydrogens is 248 g/mol. The minimum absolute atomic E-state index is 0.0665. The van der Waals surface area contributed by atoms with Crippen LogP contribution in [0.15, 0.2) is 30.3 Å². The van der Waals surface area contributed by atoms with Gasteiger partial charge in [0.05, 0.1) is 0 Å². The lowest BCUT2D eigenvalue weighted by molar-refractivity contribution is -0.121. The molecule has 1 N–H and O–H groups in total. The molecule has 1 saturated heterocycles. The van der Waals surface area contributed by atoms with Gasteiger partial charge in [0.25, 0.3) is 0 Å². The molecule has 1 aliphatic heterocycles. The fraction of sp³-hybridized carbons (Fsp3) is 0.500. The molecule has 0 bridgehead atoms. The van der Waals surface area contributed by atoms with Crippen molar-refractivity contribution in [1.82, 2.24) is 10.2 Å². The molecule has 1 amide bonds. The third kappa shape index (κ3) is 3.72. The van der Waals surface area contributed by atoms with E-state index in [2.05, 4.69) is 34.5 Å². The largest absolute Gasteiger partial charge is 0.351 e. The third-order valence-corrected chi connectivity index (χ3v) is 3.43. The second kappa shape index (κ2) is 6.21. The van der Waals surface area contributed by atoms with Crippen molar-refractivity contribution in [3.8, 4) is 0 Å². The molecule has 0 spiro atoms. The summed E-state index contributed by atoms with van der Waals surface area (Å²) in [4.78, 5) is 13.9. The summed E-state index contributed by atoms with van der Waals surface area (Å²) in [6.07, 6.45) is 1.00. The monoisotopic (exact) mass is 266 g/mol. The Morgan fingerprint density at radius 3 is 2.89 bits per heavy atom. The minimum Gasteiger partial charge on any atom is -0.351 e. The first-order valence-corrected chi connectivity index (χ1v) is 6.79. The number of carbonyl (C=O) groups is 1. The van der Waals surface area contributed by atoms with Crippen LogP contribution in [0, 0.1) is 0 Å². The molecule has 98 valence electrons. The summed E-state index contributed by atoms with van der Waals surface area (Å²) >= 11 is 5.75. The van der Waals surface area contributed by atoms with Crippen molar-refractivity contribution in [1.29, 1.82) is 0 Å². The molecule has 0 radical (unpaired) electrons. The van der Waals surface area contributed by atoms with E-state index in [0.29, 0.717) is 0 Å². The van der Waals surface area contributed by atoms with Crippen molar-refractivity contribution >= 4 is 17.5 Å². The second-order valence-electron chi connectivity index (χ2n) is 4.83. The van der Waals surface area contributed by atoms with Gasteiger partial charge in [0.2, 0.25) is 5.91 Å². The smallest absolute Gasteiger partial charge is 0.238 e. The van der Waals surface area contributed by atoms with Crippen LogP contribution in [0.2, 0.25) is 0 Å². The zero-order valence-electron chi connectivity index (χ0n) is 10.6. The summed E-state index contributed by atoms with van der Waals surface area (Å²) in [7, 11) is 0. The number of likely N-dealkylation sites (tertiary alicyclic amines) is 1. The average molecular weight is 267 g/mol. The first-order chi connectivity index (χ1) is 8.65. The van der Waals surface area contributed by atoms with E-state index in [4.69, 9.17) is 11.6 Å². The van der Waals surface area contributed by atoms with E-state index in [-0.39, 0.29) is 11.9 Å². The molecule has 1 aromatic rings.